The van der Waals surface area contributed by atoms with Crippen LogP contribution >= 0.6 is 0 Å². The molecule has 0 aliphatic carbocycles. The van der Waals surface area contributed by atoms with Gasteiger partial charge in [-0.15, -0.1) is 0 Å². The summed E-state index contributed by atoms with van der Waals surface area (Å²) in [7, 11) is 2.79. The van der Waals surface area contributed by atoms with E-state index < -0.39 is 0 Å². The molecule has 11 heteroatoms. The second-order valence-electron chi connectivity index (χ2n) is 7.99. The van der Waals surface area contributed by atoms with Crippen molar-refractivity contribution in [1.29, 1.82) is 0 Å². The summed E-state index contributed by atoms with van der Waals surface area (Å²) in [5, 5.41) is 6.62. The lowest BCUT2D eigenvalue weighted by Gasteiger charge is -1.98. The molecule has 3 aromatic heterocycles. The highest BCUT2D eigenvalue weighted by Crippen LogP contribution is 2.20. The third-order valence-electron chi connectivity index (χ3n) is 5.96. The van der Waals surface area contributed by atoms with Crippen LogP contribution in [0.4, 0.5) is 0 Å². The number of methoxy groups -OCH3 is 2. The van der Waals surface area contributed by atoms with Crippen LogP contribution in [-0.2, 0) is 48.4 Å². The molecular weight excluding hydrogens is 430 g/mol. The quantitative estimate of drug-likeness (QED) is 0.449. The van der Waals surface area contributed by atoms with Gasteiger partial charge in [0.25, 0.3) is 5.69 Å². The van der Waals surface area contributed by atoms with Gasteiger partial charge in [0, 0.05) is 43.5 Å². The van der Waals surface area contributed by atoms with E-state index in [2.05, 4.69) is 28.9 Å². The predicted octanol–water partition coefficient (Wildman–Crippen LogP) is 1.04. The van der Waals surface area contributed by atoms with Crippen molar-refractivity contribution in [2.24, 2.45) is 0 Å². The van der Waals surface area contributed by atoms with Gasteiger partial charge in [0.15, 0.2) is 12.2 Å². The summed E-state index contributed by atoms with van der Waals surface area (Å²) in [6.07, 6.45) is 8.14. The van der Waals surface area contributed by atoms with Crippen LogP contribution in [0.5, 0.6) is 0 Å². The molecule has 0 aromatic carbocycles. The van der Waals surface area contributed by atoms with Gasteiger partial charge in [0.05, 0.1) is 19.8 Å². The molecule has 1 N–H and O–H groups in total. The molecule has 0 amide bonds. The fraction of sp³-hybridized carbons (Fsp3) is 0.500. The largest absolute Gasteiger partial charge is 0.465 e. The van der Waals surface area contributed by atoms with E-state index >= 15 is 0 Å². The van der Waals surface area contributed by atoms with Crippen LogP contribution in [-0.4, -0.2) is 45.8 Å². The Morgan fingerprint density at radius 1 is 1.09 bits per heavy atom. The maximum absolute atomic E-state index is 11.2. The maximum Gasteiger partial charge on any atom is 0.429 e. The summed E-state index contributed by atoms with van der Waals surface area (Å²) in [5.41, 5.74) is 3.97. The molecule has 3 aliphatic heterocycles. The number of hydrogen-bond acceptors (Lipinski definition) is 7. The monoisotopic (exact) mass is 458 g/mol. The van der Waals surface area contributed by atoms with Gasteiger partial charge in [-0.2, -0.15) is 5.10 Å². The van der Waals surface area contributed by atoms with Crippen LogP contribution in [0.15, 0.2) is 27.6 Å². The van der Waals surface area contributed by atoms with Crippen LogP contribution in [0.2, 0.25) is 0 Å². The van der Waals surface area contributed by atoms with Crippen LogP contribution in [0.25, 0.3) is 0 Å². The van der Waals surface area contributed by atoms with Crippen LogP contribution in [0, 0.1) is 0 Å². The molecule has 0 atom stereocenters. The Kier molecular flexibility index (Phi) is 6.76. The van der Waals surface area contributed by atoms with E-state index in [0.29, 0.717) is 5.69 Å². The number of aromatic nitrogens is 5. The van der Waals surface area contributed by atoms with Crippen molar-refractivity contribution in [2.45, 2.75) is 58.2 Å². The summed E-state index contributed by atoms with van der Waals surface area (Å²) in [4.78, 5) is 32.9. The van der Waals surface area contributed by atoms with E-state index in [1.165, 1.54) is 14.2 Å². The second kappa shape index (κ2) is 9.88. The topological polar surface area (TPSA) is 125 Å². The third kappa shape index (κ3) is 4.76. The summed E-state index contributed by atoms with van der Waals surface area (Å²) in [5.74, 6) is -0.567. The van der Waals surface area contributed by atoms with E-state index in [0.717, 1.165) is 80.8 Å². The molecule has 0 saturated heterocycles. The number of rotatable bonds is 2. The molecule has 0 saturated carbocycles. The van der Waals surface area contributed by atoms with E-state index in [1.54, 1.807) is 10.7 Å². The number of carbonyl (C=O) groups is 2. The number of esters is 2. The van der Waals surface area contributed by atoms with E-state index in [9.17, 15) is 14.4 Å². The molecule has 11 nitrogen and oxygen atoms in total. The zero-order valence-electron chi connectivity index (χ0n) is 18.8. The van der Waals surface area contributed by atoms with Crippen LogP contribution in [0.3, 0.4) is 0 Å². The zero-order chi connectivity index (χ0) is 23.4. The molecule has 6 rings (SSSR count). The normalized spacial score (nSPS) is 14.8. The van der Waals surface area contributed by atoms with Crippen molar-refractivity contribution in [3.63, 3.8) is 0 Å². The number of nitrogens with zero attached hydrogens (tertiary/aromatic N) is 4. The molecule has 6 heterocycles. The lowest BCUT2D eigenvalue weighted by atomic mass is 10.2. The fourth-order valence-corrected chi connectivity index (χ4v) is 4.31. The molecule has 0 unspecified atom stereocenters. The summed E-state index contributed by atoms with van der Waals surface area (Å²) < 4.78 is 19.5. The molecule has 0 bridgehead atoms. The molecule has 33 heavy (non-hydrogen) atoms. The zero-order valence-corrected chi connectivity index (χ0v) is 18.8. The number of aryl methyl sites for hydroxylation is 4. The van der Waals surface area contributed by atoms with E-state index in [4.69, 9.17) is 0 Å². The molecule has 0 fully saturated rings. The number of hydrogen-bond donors (Lipinski definition) is 1. The lowest BCUT2D eigenvalue weighted by Crippen LogP contribution is -2.35. The minimum absolute atomic E-state index is 0.215. The first-order chi connectivity index (χ1) is 16.0. The van der Waals surface area contributed by atoms with Crippen molar-refractivity contribution in [3.05, 3.63) is 57.1 Å². The smallest absolute Gasteiger partial charge is 0.429 e. The predicted molar refractivity (Wildman–Crippen MR) is 114 cm³/mol. The van der Waals surface area contributed by atoms with Crippen molar-refractivity contribution in [2.75, 3.05) is 14.2 Å². The Labute approximate surface area is 189 Å². The first-order valence-corrected chi connectivity index (χ1v) is 11.0. The average molecular weight is 458 g/mol. The second-order valence-corrected chi connectivity index (χ2v) is 7.99. The van der Waals surface area contributed by atoms with Crippen molar-refractivity contribution in [1.82, 2.24) is 19.6 Å². The lowest BCUT2D eigenvalue weighted by molar-refractivity contribution is -0.756. The first-order valence-electron chi connectivity index (χ1n) is 11.0. The summed E-state index contributed by atoms with van der Waals surface area (Å²) in [6.45, 7) is 2.85. The molecular formula is C22H28N5O6+. The molecule has 176 valence electrons. The number of carbonyl (C=O) groups excluding carboxylic acids is 2. The minimum Gasteiger partial charge on any atom is -0.465 e. The van der Waals surface area contributed by atoms with E-state index in [-0.39, 0.29) is 17.6 Å². The van der Waals surface area contributed by atoms with Gasteiger partial charge in [-0.25, -0.2) is 14.4 Å². The van der Waals surface area contributed by atoms with Crippen LogP contribution < -0.4 is 10.3 Å². The maximum atomic E-state index is 11.2. The van der Waals surface area contributed by atoms with Crippen LogP contribution in [0.1, 0.15) is 57.2 Å². The molecule has 0 radical (unpaired) electrons. The van der Waals surface area contributed by atoms with Gasteiger partial charge in [0.1, 0.15) is 0 Å². The SMILES string of the molecule is COC(=O)c1cc2n(n1)CCC2.COC(=O)c1ccn2c1CCC2.O=c1o[nH][n+]2c1CCC2. The highest BCUT2D eigenvalue weighted by atomic mass is 16.5. The number of nitrogens with one attached hydrogen (secondary N) is 1. The van der Waals surface area contributed by atoms with Gasteiger partial charge < -0.3 is 14.0 Å². The fourth-order valence-electron chi connectivity index (χ4n) is 4.31. The highest BCUT2D eigenvalue weighted by Gasteiger charge is 2.26. The van der Waals surface area contributed by atoms with Gasteiger partial charge in [0.2, 0.25) is 0 Å². The number of ether oxygens (including phenoxy) is 2. The van der Waals surface area contributed by atoms with Crippen molar-refractivity contribution >= 4 is 11.9 Å². The molecule has 3 aliphatic rings. The van der Waals surface area contributed by atoms with Gasteiger partial charge in [-0.1, -0.05) is 4.68 Å². The minimum atomic E-state index is -0.350. The summed E-state index contributed by atoms with van der Waals surface area (Å²) in [6, 6.07) is 3.64. The first kappa shape index (κ1) is 22.6. The molecule has 3 aromatic rings. The van der Waals surface area contributed by atoms with Gasteiger partial charge in [-0.3, -0.25) is 9.20 Å². The Morgan fingerprint density at radius 2 is 1.88 bits per heavy atom. The third-order valence-corrected chi connectivity index (χ3v) is 5.96. The number of H-pyrrole nitrogens is 1. The summed E-state index contributed by atoms with van der Waals surface area (Å²) >= 11 is 0. The average Bonchev–Trinajstić information content (AvgIpc) is 3.62. The Morgan fingerprint density at radius 3 is 2.61 bits per heavy atom. The number of fused-ring (bicyclic) bond motifs is 3. The molecule has 0 spiro atoms. The van der Waals surface area contributed by atoms with E-state index in [1.807, 2.05) is 16.9 Å². The Hall–Kier alpha value is -3.63. The Bertz CT molecular complexity index is 1180. The number of aromatic amines is 1. The van der Waals surface area contributed by atoms with Gasteiger partial charge in [-0.05, 0) is 43.1 Å². The van der Waals surface area contributed by atoms with Crippen molar-refractivity contribution in [3.8, 4) is 0 Å². The van der Waals surface area contributed by atoms with Gasteiger partial charge >= 0.3 is 17.6 Å². The van der Waals surface area contributed by atoms with Crippen molar-refractivity contribution < 1.29 is 28.3 Å². The highest BCUT2D eigenvalue weighted by molar-refractivity contribution is 5.90. The Balaban J connectivity index is 0.000000119. The standard InChI is InChI=1S/C9H11NO2.C8H10N2O2.C5H6N2O2/c1-12-9(11)7-4-6-10-5-2-3-8(7)10;1-12-8(11)7-5-6-3-2-4-10(6)9-7;8-5-4-2-1-3-7(4)6-9-5/h4,6H,2-3,5H2,1H3;5H,2-4H2,1H3;1-3H2/p+1.